The first-order chi connectivity index (χ1) is 12.7. The van der Waals surface area contributed by atoms with Crippen LogP contribution in [0.25, 0.3) is 11.5 Å². The molecular formula is C19H21FN6. The van der Waals surface area contributed by atoms with Crippen molar-refractivity contribution in [3.05, 3.63) is 47.8 Å². The second kappa shape index (κ2) is 6.82. The summed E-state index contributed by atoms with van der Waals surface area (Å²) >= 11 is 0. The average molecular weight is 352 g/mol. The van der Waals surface area contributed by atoms with E-state index in [-0.39, 0.29) is 6.04 Å². The Morgan fingerprint density at radius 2 is 2.19 bits per heavy atom. The van der Waals surface area contributed by atoms with Crippen LogP contribution in [-0.2, 0) is 6.54 Å². The van der Waals surface area contributed by atoms with Crippen molar-refractivity contribution in [1.29, 1.82) is 0 Å². The molecule has 1 unspecified atom stereocenters. The molecule has 0 spiro atoms. The molecule has 2 aliphatic heterocycles. The van der Waals surface area contributed by atoms with Crippen LogP contribution in [0.3, 0.4) is 0 Å². The van der Waals surface area contributed by atoms with Gasteiger partial charge < -0.3 is 9.47 Å². The molecule has 0 saturated heterocycles. The Bertz CT molecular complexity index is 910. The monoisotopic (exact) mass is 352 g/mol. The topological polar surface area (TPSA) is 58.7 Å². The van der Waals surface area contributed by atoms with Gasteiger partial charge >= 0.3 is 0 Å². The summed E-state index contributed by atoms with van der Waals surface area (Å²) in [5, 5.41) is 0. The van der Waals surface area contributed by atoms with Crippen LogP contribution >= 0.6 is 0 Å². The zero-order chi connectivity index (χ0) is 18.1. The van der Waals surface area contributed by atoms with Crippen molar-refractivity contribution in [2.75, 3.05) is 6.54 Å². The Balaban J connectivity index is 1.70. The molecule has 0 aromatic carbocycles. The molecule has 4 heterocycles. The van der Waals surface area contributed by atoms with E-state index in [2.05, 4.69) is 28.7 Å². The van der Waals surface area contributed by atoms with E-state index in [9.17, 15) is 4.39 Å². The number of hydrogen-bond acceptors (Lipinski definition) is 5. The molecule has 0 fully saturated rings. The van der Waals surface area contributed by atoms with E-state index in [0.717, 1.165) is 30.9 Å². The van der Waals surface area contributed by atoms with Crippen molar-refractivity contribution in [2.24, 2.45) is 9.98 Å². The highest BCUT2D eigenvalue weighted by molar-refractivity contribution is 6.07. The molecule has 0 saturated carbocycles. The third-order valence-corrected chi connectivity index (χ3v) is 4.53. The molecule has 0 aliphatic carbocycles. The van der Waals surface area contributed by atoms with Gasteiger partial charge in [0.15, 0.2) is 5.82 Å². The lowest BCUT2D eigenvalue weighted by Crippen LogP contribution is -2.32. The van der Waals surface area contributed by atoms with Gasteiger partial charge in [-0.1, -0.05) is 19.4 Å². The fourth-order valence-corrected chi connectivity index (χ4v) is 3.40. The first-order valence-electron chi connectivity index (χ1n) is 8.90. The lowest BCUT2D eigenvalue weighted by molar-refractivity contribution is 0.584. The van der Waals surface area contributed by atoms with Crippen LogP contribution in [0.15, 0.2) is 51.8 Å². The van der Waals surface area contributed by atoms with Crippen LogP contribution in [0.4, 0.5) is 4.39 Å². The van der Waals surface area contributed by atoms with Crippen LogP contribution in [0.2, 0.25) is 0 Å². The summed E-state index contributed by atoms with van der Waals surface area (Å²) < 4.78 is 15.5. The molecule has 0 radical (unpaired) electrons. The summed E-state index contributed by atoms with van der Waals surface area (Å²) in [5.41, 5.74) is 2.68. The summed E-state index contributed by atoms with van der Waals surface area (Å²) in [6, 6.07) is 5.02. The Hall–Kier alpha value is -2.83. The maximum absolute atomic E-state index is 13.5. The predicted octanol–water partition coefficient (Wildman–Crippen LogP) is 3.28. The first kappa shape index (κ1) is 16.6. The number of pyridine rings is 1. The number of amidine groups is 1. The Labute approximate surface area is 151 Å². The highest BCUT2D eigenvalue weighted by Crippen LogP contribution is 2.27. The van der Waals surface area contributed by atoms with Gasteiger partial charge in [-0.15, -0.1) is 0 Å². The van der Waals surface area contributed by atoms with Gasteiger partial charge in [-0.2, -0.15) is 4.39 Å². The van der Waals surface area contributed by atoms with Gasteiger partial charge in [0.2, 0.25) is 5.95 Å². The molecule has 7 heteroatoms. The zero-order valence-corrected chi connectivity index (χ0v) is 14.9. The van der Waals surface area contributed by atoms with E-state index in [4.69, 9.17) is 9.98 Å². The van der Waals surface area contributed by atoms with Crippen LogP contribution in [-0.4, -0.2) is 44.2 Å². The minimum atomic E-state index is -0.511. The molecule has 134 valence electrons. The molecule has 6 nitrogen and oxygen atoms in total. The Morgan fingerprint density at radius 3 is 3.00 bits per heavy atom. The van der Waals surface area contributed by atoms with E-state index in [1.54, 1.807) is 18.3 Å². The molecule has 1 atom stereocenters. The van der Waals surface area contributed by atoms with E-state index >= 15 is 0 Å². The summed E-state index contributed by atoms with van der Waals surface area (Å²) in [7, 11) is 0. The highest BCUT2D eigenvalue weighted by Gasteiger charge is 2.28. The molecular weight excluding hydrogens is 331 g/mol. The van der Waals surface area contributed by atoms with E-state index in [1.807, 2.05) is 17.1 Å². The maximum Gasteiger partial charge on any atom is 0.213 e. The summed E-state index contributed by atoms with van der Waals surface area (Å²) in [6.45, 7) is 5.71. The van der Waals surface area contributed by atoms with Crippen molar-refractivity contribution >= 4 is 12.2 Å². The van der Waals surface area contributed by atoms with Crippen LogP contribution in [0.1, 0.15) is 26.7 Å². The zero-order valence-electron chi connectivity index (χ0n) is 14.9. The van der Waals surface area contributed by atoms with Gasteiger partial charge in [0.25, 0.3) is 0 Å². The molecule has 0 amide bonds. The van der Waals surface area contributed by atoms with Crippen molar-refractivity contribution < 1.29 is 4.39 Å². The third-order valence-electron chi connectivity index (χ3n) is 4.53. The van der Waals surface area contributed by atoms with E-state index in [1.165, 1.54) is 11.6 Å². The van der Waals surface area contributed by atoms with Gasteiger partial charge in [-0.3, -0.25) is 4.99 Å². The quantitative estimate of drug-likeness (QED) is 0.776. The number of imidazole rings is 1. The van der Waals surface area contributed by atoms with Gasteiger partial charge in [0.1, 0.15) is 11.5 Å². The summed E-state index contributed by atoms with van der Waals surface area (Å²) in [4.78, 5) is 19.9. The van der Waals surface area contributed by atoms with Crippen molar-refractivity contribution in [1.82, 2.24) is 19.4 Å². The highest BCUT2D eigenvalue weighted by atomic mass is 19.1. The van der Waals surface area contributed by atoms with Crippen LogP contribution in [0, 0.1) is 5.95 Å². The smallest absolute Gasteiger partial charge is 0.213 e. The van der Waals surface area contributed by atoms with E-state index in [0.29, 0.717) is 18.1 Å². The lowest BCUT2D eigenvalue weighted by Gasteiger charge is -2.24. The van der Waals surface area contributed by atoms with Gasteiger partial charge in [0, 0.05) is 24.5 Å². The molecule has 0 bridgehead atoms. The first-order valence-corrected chi connectivity index (χ1v) is 8.90. The number of nitrogens with zero attached hydrogens (tertiary/aromatic N) is 6. The van der Waals surface area contributed by atoms with Gasteiger partial charge in [0.05, 0.1) is 24.6 Å². The molecule has 2 aromatic rings. The van der Waals surface area contributed by atoms with Gasteiger partial charge in [-0.05, 0) is 25.5 Å². The number of rotatable bonds is 5. The van der Waals surface area contributed by atoms with E-state index < -0.39 is 5.95 Å². The van der Waals surface area contributed by atoms with Gasteiger partial charge in [-0.25, -0.2) is 15.0 Å². The average Bonchev–Trinajstić information content (AvgIpc) is 3.23. The number of fused-ring (bicyclic) bond motifs is 1. The van der Waals surface area contributed by atoms with Crippen molar-refractivity contribution in [3.8, 4) is 11.5 Å². The summed E-state index contributed by atoms with van der Waals surface area (Å²) in [5.74, 6) is 1.16. The fourth-order valence-electron chi connectivity index (χ4n) is 3.40. The Morgan fingerprint density at radius 1 is 1.31 bits per heavy atom. The van der Waals surface area contributed by atoms with Crippen LogP contribution in [0.5, 0.6) is 0 Å². The van der Waals surface area contributed by atoms with Crippen molar-refractivity contribution in [2.45, 2.75) is 39.3 Å². The number of halogens is 1. The largest absolute Gasteiger partial charge is 0.324 e. The van der Waals surface area contributed by atoms with Crippen LogP contribution < -0.4 is 0 Å². The third kappa shape index (κ3) is 3.05. The minimum Gasteiger partial charge on any atom is -0.324 e. The van der Waals surface area contributed by atoms with Crippen molar-refractivity contribution in [3.63, 3.8) is 0 Å². The number of aromatic nitrogens is 3. The second-order valence-electron chi connectivity index (χ2n) is 6.60. The molecule has 2 aromatic heterocycles. The molecule has 2 aliphatic rings. The predicted molar refractivity (Wildman–Crippen MR) is 99.4 cm³/mol. The molecule has 4 rings (SSSR count). The fraction of sp³-hybridized carbons (Fsp3) is 0.368. The number of allylic oxidation sites excluding steroid dienone is 1. The normalized spacial score (nSPS) is 19.1. The standard InChI is InChI=1S/C19H21FN6/c1-3-5-14-16(22-12-26-10-13(2)23-18(14)26)11-25-9-8-21-19(25)15-6-4-7-17(20)24-15/h4,6-9,12-13H,3,5,10-11H2,1-2H3. The second-order valence-corrected chi connectivity index (χ2v) is 6.60. The Kier molecular flexibility index (Phi) is 4.36. The SMILES string of the molecule is CCCC1=C(Cn2ccnc2-c2cccc(F)n2)N=CN2CC(C)N=C12. The lowest BCUT2D eigenvalue weighted by atomic mass is 10.1. The summed E-state index contributed by atoms with van der Waals surface area (Å²) in [6.07, 6.45) is 7.40. The molecule has 26 heavy (non-hydrogen) atoms. The number of hydrogen-bond donors (Lipinski definition) is 0. The number of aliphatic imine (C=N–C) groups is 2. The molecule has 0 N–H and O–H groups in total. The minimum absolute atomic E-state index is 0.281. The maximum atomic E-state index is 13.5.